The summed E-state index contributed by atoms with van der Waals surface area (Å²) in [5, 5.41) is 6.94. The molecule has 0 spiro atoms. The zero-order chi connectivity index (χ0) is 19.9. The molecule has 0 saturated carbocycles. The Kier molecular flexibility index (Phi) is 6.45. The Morgan fingerprint density at radius 1 is 1.07 bits per heavy atom. The molecule has 6 nitrogen and oxygen atoms in total. The molecule has 3 aromatic rings. The molecule has 2 N–H and O–H groups in total. The van der Waals surface area contributed by atoms with Gasteiger partial charge in [-0.3, -0.25) is 0 Å². The molecule has 7 heteroatoms. The fourth-order valence-electron chi connectivity index (χ4n) is 2.58. The molecule has 0 bridgehead atoms. The summed E-state index contributed by atoms with van der Waals surface area (Å²) in [6.07, 6.45) is 0.973. The van der Waals surface area contributed by atoms with Crippen molar-refractivity contribution >= 4 is 34.9 Å². The first kappa shape index (κ1) is 19.6. The molecule has 0 atom stereocenters. The van der Waals surface area contributed by atoms with Crippen LogP contribution >= 0.6 is 11.6 Å². The van der Waals surface area contributed by atoms with Gasteiger partial charge in [0.25, 0.3) is 0 Å². The molecule has 28 heavy (non-hydrogen) atoms. The van der Waals surface area contributed by atoms with Crippen molar-refractivity contribution in [2.75, 3.05) is 24.3 Å². The van der Waals surface area contributed by atoms with Crippen molar-refractivity contribution < 1.29 is 9.53 Å². The predicted octanol–water partition coefficient (Wildman–Crippen LogP) is 5.15. The first-order valence-corrected chi connectivity index (χ1v) is 9.31. The number of anilines is 3. The molecule has 0 aliphatic heterocycles. The van der Waals surface area contributed by atoms with E-state index >= 15 is 0 Å². The third-order valence-corrected chi connectivity index (χ3v) is 4.29. The Labute approximate surface area is 168 Å². The van der Waals surface area contributed by atoms with Crippen LogP contribution in [0.5, 0.6) is 0 Å². The van der Waals surface area contributed by atoms with Gasteiger partial charge in [0.2, 0.25) is 0 Å². The Morgan fingerprint density at radius 2 is 1.82 bits per heavy atom. The quantitative estimate of drug-likeness (QED) is 0.538. The first-order valence-electron chi connectivity index (χ1n) is 8.94. The number of esters is 1. The Hall–Kier alpha value is -3.12. The van der Waals surface area contributed by atoms with Gasteiger partial charge in [0.1, 0.15) is 11.6 Å². The van der Waals surface area contributed by atoms with Crippen LogP contribution in [-0.4, -0.2) is 29.6 Å². The van der Waals surface area contributed by atoms with Crippen LogP contribution in [0, 0.1) is 0 Å². The number of nitrogens with zero attached hydrogens (tertiary/aromatic N) is 2. The number of aromatic nitrogens is 2. The zero-order valence-electron chi connectivity index (χ0n) is 15.7. The van der Waals surface area contributed by atoms with Crippen LogP contribution in [0.3, 0.4) is 0 Å². The molecule has 0 amide bonds. The number of halogens is 1. The second-order valence-electron chi connectivity index (χ2n) is 6.07. The third-order valence-electron chi connectivity index (χ3n) is 3.96. The standard InChI is InChI=1S/C21H21ClN4O2/c1-3-11-23-18-13-19(26-20(25-18)14-7-5-4-6-8-14)24-17-12-15(21(27)28-2)9-10-16(17)22/h4-10,12-13H,3,11H2,1-2H3,(H2,23,24,25,26). The normalized spacial score (nSPS) is 10.4. The largest absolute Gasteiger partial charge is 0.465 e. The zero-order valence-corrected chi connectivity index (χ0v) is 16.5. The van der Waals surface area contributed by atoms with Crippen LogP contribution in [0.1, 0.15) is 23.7 Å². The molecule has 3 rings (SSSR count). The van der Waals surface area contributed by atoms with Gasteiger partial charge in [-0.15, -0.1) is 0 Å². The molecular formula is C21H21ClN4O2. The van der Waals surface area contributed by atoms with Gasteiger partial charge in [0, 0.05) is 18.2 Å². The van der Waals surface area contributed by atoms with Gasteiger partial charge in [0.15, 0.2) is 5.82 Å². The van der Waals surface area contributed by atoms with Crippen molar-refractivity contribution in [3.8, 4) is 11.4 Å². The van der Waals surface area contributed by atoms with Gasteiger partial charge in [-0.05, 0) is 24.6 Å². The number of benzene rings is 2. The van der Waals surface area contributed by atoms with Crippen molar-refractivity contribution in [2.45, 2.75) is 13.3 Å². The van der Waals surface area contributed by atoms with Crippen molar-refractivity contribution in [2.24, 2.45) is 0 Å². The van der Waals surface area contributed by atoms with Crippen LogP contribution in [0.25, 0.3) is 11.4 Å². The van der Waals surface area contributed by atoms with Gasteiger partial charge < -0.3 is 15.4 Å². The molecular weight excluding hydrogens is 376 g/mol. The molecule has 1 heterocycles. The van der Waals surface area contributed by atoms with Crippen molar-refractivity contribution in [3.63, 3.8) is 0 Å². The molecule has 0 aliphatic rings. The summed E-state index contributed by atoms with van der Waals surface area (Å²) in [4.78, 5) is 21.0. The van der Waals surface area contributed by atoms with Gasteiger partial charge in [-0.25, -0.2) is 14.8 Å². The fourth-order valence-corrected chi connectivity index (χ4v) is 2.74. The number of methoxy groups -OCH3 is 1. The number of carbonyl (C=O) groups excluding carboxylic acids is 1. The molecule has 0 radical (unpaired) electrons. The number of nitrogens with one attached hydrogen (secondary N) is 2. The molecule has 0 unspecified atom stereocenters. The van der Waals surface area contributed by atoms with Gasteiger partial charge in [-0.2, -0.15) is 0 Å². The Balaban J connectivity index is 1.98. The van der Waals surface area contributed by atoms with E-state index in [9.17, 15) is 4.79 Å². The van der Waals surface area contributed by atoms with E-state index in [0.29, 0.717) is 33.7 Å². The molecule has 0 aliphatic carbocycles. The highest BCUT2D eigenvalue weighted by atomic mass is 35.5. The van der Waals surface area contributed by atoms with Gasteiger partial charge in [-0.1, -0.05) is 48.9 Å². The average molecular weight is 397 g/mol. The number of hydrogen-bond donors (Lipinski definition) is 2. The van der Waals surface area contributed by atoms with E-state index in [1.165, 1.54) is 7.11 Å². The van der Waals surface area contributed by atoms with Crippen LogP contribution < -0.4 is 10.6 Å². The van der Waals surface area contributed by atoms with Crippen LogP contribution in [0.2, 0.25) is 5.02 Å². The molecule has 2 aromatic carbocycles. The highest BCUT2D eigenvalue weighted by molar-refractivity contribution is 6.33. The van der Waals surface area contributed by atoms with E-state index in [2.05, 4.69) is 27.5 Å². The van der Waals surface area contributed by atoms with Crippen LogP contribution in [0.15, 0.2) is 54.6 Å². The van der Waals surface area contributed by atoms with Crippen LogP contribution in [-0.2, 0) is 4.74 Å². The van der Waals surface area contributed by atoms with E-state index in [-0.39, 0.29) is 0 Å². The minimum atomic E-state index is -0.433. The lowest BCUT2D eigenvalue weighted by molar-refractivity contribution is 0.0601. The minimum Gasteiger partial charge on any atom is -0.465 e. The molecule has 1 aromatic heterocycles. The van der Waals surface area contributed by atoms with Crippen molar-refractivity contribution in [3.05, 3.63) is 65.2 Å². The number of ether oxygens (including phenoxy) is 1. The number of rotatable bonds is 7. The third kappa shape index (κ3) is 4.78. The van der Waals surface area contributed by atoms with E-state index in [4.69, 9.17) is 16.3 Å². The maximum atomic E-state index is 11.8. The predicted molar refractivity (Wildman–Crippen MR) is 112 cm³/mol. The van der Waals surface area contributed by atoms with E-state index in [1.807, 2.05) is 36.4 Å². The molecule has 144 valence electrons. The lowest BCUT2D eigenvalue weighted by Crippen LogP contribution is -2.06. The summed E-state index contributed by atoms with van der Waals surface area (Å²) in [7, 11) is 1.34. The van der Waals surface area contributed by atoms with Crippen LogP contribution in [0.4, 0.5) is 17.3 Å². The smallest absolute Gasteiger partial charge is 0.337 e. The average Bonchev–Trinajstić information content (AvgIpc) is 2.73. The fraction of sp³-hybridized carbons (Fsp3) is 0.190. The van der Waals surface area contributed by atoms with E-state index < -0.39 is 5.97 Å². The van der Waals surface area contributed by atoms with Crippen molar-refractivity contribution in [1.82, 2.24) is 9.97 Å². The summed E-state index contributed by atoms with van der Waals surface area (Å²) in [6, 6.07) is 16.4. The minimum absolute atomic E-state index is 0.399. The monoisotopic (exact) mass is 396 g/mol. The van der Waals surface area contributed by atoms with E-state index in [1.54, 1.807) is 18.2 Å². The second-order valence-corrected chi connectivity index (χ2v) is 6.47. The summed E-state index contributed by atoms with van der Waals surface area (Å²) >= 11 is 6.30. The number of hydrogen-bond acceptors (Lipinski definition) is 6. The maximum Gasteiger partial charge on any atom is 0.337 e. The van der Waals surface area contributed by atoms with Crippen molar-refractivity contribution in [1.29, 1.82) is 0 Å². The lowest BCUT2D eigenvalue weighted by atomic mass is 10.2. The Morgan fingerprint density at radius 3 is 2.54 bits per heavy atom. The highest BCUT2D eigenvalue weighted by Crippen LogP contribution is 2.28. The second kappa shape index (κ2) is 9.19. The SMILES string of the molecule is CCCNc1cc(Nc2cc(C(=O)OC)ccc2Cl)nc(-c2ccccc2)n1. The molecule has 0 saturated heterocycles. The molecule has 0 fully saturated rings. The summed E-state index contributed by atoms with van der Waals surface area (Å²) in [6.45, 7) is 2.88. The number of carbonyl (C=O) groups is 1. The lowest BCUT2D eigenvalue weighted by Gasteiger charge is -2.13. The first-order chi connectivity index (χ1) is 13.6. The topological polar surface area (TPSA) is 76.1 Å². The van der Waals surface area contributed by atoms with Gasteiger partial charge >= 0.3 is 5.97 Å². The summed E-state index contributed by atoms with van der Waals surface area (Å²) < 4.78 is 4.78. The summed E-state index contributed by atoms with van der Waals surface area (Å²) in [5.41, 5.74) is 1.86. The van der Waals surface area contributed by atoms with E-state index in [0.717, 1.165) is 18.5 Å². The Bertz CT molecular complexity index is 964. The summed E-state index contributed by atoms with van der Waals surface area (Å²) in [5.74, 6) is 1.43. The maximum absolute atomic E-state index is 11.8. The van der Waals surface area contributed by atoms with Gasteiger partial charge in [0.05, 0.1) is 23.4 Å². The highest BCUT2D eigenvalue weighted by Gasteiger charge is 2.12.